The Morgan fingerprint density at radius 2 is 2.35 bits per heavy atom. The lowest BCUT2D eigenvalue weighted by atomic mass is 10.1. The van der Waals surface area contributed by atoms with E-state index in [2.05, 4.69) is 51.3 Å². The minimum absolute atomic E-state index is 0.426. The summed E-state index contributed by atoms with van der Waals surface area (Å²) in [6.07, 6.45) is 4.18. The summed E-state index contributed by atoms with van der Waals surface area (Å²) >= 11 is 5.93. The van der Waals surface area contributed by atoms with Gasteiger partial charge in [0.05, 0.1) is 8.39 Å². The van der Waals surface area contributed by atoms with Crippen molar-refractivity contribution in [2.24, 2.45) is 0 Å². The monoisotopic (exact) mass is 378 g/mol. The molecule has 0 aliphatic heterocycles. The lowest BCUT2D eigenvalue weighted by molar-refractivity contribution is 0.533. The van der Waals surface area contributed by atoms with Crippen LogP contribution in [-0.2, 0) is 6.42 Å². The van der Waals surface area contributed by atoms with Crippen molar-refractivity contribution >= 4 is 45.3 Å². The smallest absolute Gasteiger partial charge is 0.0794 e. The number of aromatic nitrogens is 1. The fourth-order valence-corrected chi connectivity index (χ4v) is 3.74. The van der Waals surface area contributed by atoms with Gasteiger partial charge in [-0.15, -0.1) is 22.7 Å². The van der Waals surface area contributed by atoms with Crippen molar-refractivity contribution in [3.05, 3.63) is 36.5 Å². The van der Waals surface area contributed by atoms with Crippen LogP contribution in [0.25, 0.3) is 0 Å². The highest BCUT2D eigenvalue weighted by Crippen LogP contribution is 2.26. The minimum Gasteiger partial charge on any atom is -0.310 e. The predicted molar refractivity (Wildman–Crippen MR) is 83.9 cm³/mol. The van der Waals surface area contributed by atoms with E-state index in [0.717, 1.165) is 13.0 Å². The number of nitrogens with zero attached hydrogens (tertiary/aromatic N) is 1. The molecule has 2 heterocycles. The zero-order valence-electron chi connectivity index (χ0n) is 9.65. The average Bonchev–Trinajstić information content (AvgIpc) is 2.95. The SMILES string of the molecule is CCCNC(Cc1cncs1)c1csc(I)c1. The van der Waals surface area contributed by atoms with Crippen LogP contribution in [0.2, 0.25) is 0 Å². The van der Waals surface area contributed by atoms with Gasteiger partial charge in [-0.25, -0.2) is 0 Å². The first kappa shape index (κ1) is 13.5. The van der Waals surface area contributed by atoms with Gasteiger partial charge >= 0.3 is 0 Å². The highest BCUT2D eigenvalue weighted by Gasteiger charge is 2.13. The second kappa shape index (κ2) is 6.82. The largest absolute Gasteiger partial charge is 0.310 e. The molecule has 0 aromatic carbocycles. The number of thiazole rings is 1. The van der Waals surface area contributed by atoms with Crippen LogP contribution in [-0.4, -0.2) is 11.5 Å². The molecular weight excluding hydrogens is 363 g/mol. The highest BCUT2D eigenvalue weighted by atomic mass is 127. The lowest BCUT2D eigenvalue weighted by Crippen LogP contribution is -2.23. The fourth-order valence-electron chi connectivity index (χ4n) is 1.68. The standard InChI is InChI=1S/C12H15IN2S2/c1-2-3-15-11(5-10-6-14-8-17-10)9-4-12(13)16-7-9/h4,6-8,11,15H,2-3,5H2,1H3. The molecule has 2 aromatic rings. The minimum atomic E-state index is 0.426. The van der Waals surface area contributed by atoms with Crippen LogP contribution >= 0.6 is 45.3 Å². The molecule has 17 heavy (non-hydrogen) atoms. The van der Waals surface area contributed by atoms with Crippen LogP contribution in [0.4, 0.5) is 0 Å². The van der Waals surface area contributed by atoms with E-state index in [1.54, 1.807) is 11.3 Å². The number of nitrogens with one attached hydrogen (secondary N) is 1. The van der Waals surface area contributed by atoms with Crippen LogP contribution in [0.5, 0.6) is 0 Å². The Labute approximate surface area is 124 Å². The zero-order chi connectivity index (χ0) is 12.1. The molecule has 2 rings (SSSR count). The zero-order valence-corrected chi connectivity index (χ0v) is 13.4. The number of thiophene rings is 1. The molecule has 92 valence electrons. The van der Waals surface area contributed by atoms with Gasteiger partial charge in [0.25, 0.3) is 0 Å². The number of halogens is 1. The molecule has 0 saturated carbocycles. The molecule has 1 unspecified atom stereocenters. The van der Waals surface area contributed by atoms with Gasteiger partial charge in [0.15, 0.2) is 0 Å². The molecule has 5 heteroatoms. The van der Waals surface area contributed by atoms with Crippen LogP contribution in [0.3, 0.4) is 0 Å². The summed E-state index contributed by atoms with van der Waals surface area (Å²) < 4.78 is 1.35. The fraction of sp³-hybridized carbons (Fsp3) is 0.417. The second-order valence-electron chi connectivity index (χ2n) is 3.86. The molecule has 1 atom stereocenters. The quantitative estimate of drug-likeness (QED) is 0.766. The van der Waals surface area contributed by atoms with Crippen LogP contribution in [0.1, 0.15) is 29.8 Å². The maximum Gasteiger partial charge on any atom is 0.0794 e. The van der Waals surface area contributed by atoms with Crippen molar-refractivity contribution in [1.82, 2.24) is 10.3 Å². The van der Waals surface area contributed by atoms with Crippen molar-refractivity contribution in [3.8, 4) is 0 Å². The van der Waals surface area contributed by atoms with E-state index in [4.69, 9.17) is 0 Å². The molecule has 0 radical (unpaired) electrons. The summed E-state index contributed by atoms with van der Waals surface area (Å²) in [5, 5.41) is 5.88. The van der Waals surface area contributed by atoms with E-state index in [1.165, 1.54) is 19.7 Å². The van der Waals surface area contributed by atoms with E-state index in [-0.39, 0.29) is 0 Å². The average molecular weight is 378 g/mol. The second-order valence-corrected chi connectivity index (χ2v) is 7.64. The summed E-state index contributed by atoms with van der Waals surface area (Å²) in [7, 11) is 0. The van der Waals surface area contributed by atoms with Gasteiger partial charge in [0.1, 0.15) is 0 Å². The Morgan fingerprint density at radius 1 is 1.47 bits per heavy atom. The van der Waals surface area contributed by atoms with Crippen molar-refractivity contribution in [3.63, 3.8) is 0 Å². The molecule has 0 aliphatic rings. The highest BCUT2D eigenvalue weighted by molar-refractivity contribution is 14.1. The third-order valence-corrected chi connectivity index (χ3v) is 5.13. The van der Waals surface area contributed by atoms with Crippen molar-refractivity contribution in [2.45, 2.75) is 25.8 Å². The van der Waals surface area contributed by atoms with Crippen LogP contribution in [0, 0.1) is 2.88 Å². The number of hydrogen-bond acceptors (Lipinski definition) is 4. The summed E-state index contributed by atoms with van der Waals surface area (Å²) in [5.74, 6) is 0. The topological polar surface area (TPSA) is 24.9 Å². The Hall–Kier alpha value is 0.0200. The first-order valence-corrected chi connectivity index (χ1v) is 8.48. The molecule has 1 N–H and O–H groups in total. The van der Waals surface area contributed by atoms with E-state index in [1.807, 2.05) is 23.0 Å². The summed E-state index contributed by atoms with van der Waals surface area (Å²) in [5.41, 5.74) is 3.31. The van der Waals surface area contributed by atoms with Gasteiger partial charge < -0.3 is 5.32 Å². The molecule has 2 aromatic heterocycles. The van der Waals surface area contributed by atoms with E-state index < -0.39 is 0 Å². The van der Waals surface area contributed by atoms with Gasteiger partial charge in [-0.2, -0.15) is 0 Å². The molecule has 0 saturated heterocycles. The normalized spacial score (nSPS) is 12.8. The number of rotatable bonds is 6. The van der Waals surface area contributed by atoms with Gasteiger partial charge in [-0.1, -0.05) is 6.92 Å². The third-order valence-electron chi connectivity index (χ3n) is 2.52. The maximum absolute atomic E-state index is 4.15. The lowest BCUT2D eigenvalue weighted by Gasteiger charge is -2.16. The Morgan fingerprint density at radius 3 is 2.94 bits per heavy atom. The first-order valence-electron chi connectivity index (χ1n) is 5.64. The van der Waals surface area contributed by atoms with E-state index >= 15 is 0 Å². The van der Waals surface area contributed by atoms with Crippen molar-refractivity contribution in [2.75, 3.05) is 6.54 Å². The van der Waals surface area contributed by atoms with Crippen molar-refractivity contribution < 1.29 is 0 Å². The molecule has 0 fully saturated rings. The molecule has 0 amide bonds. The summed E-state index contributed by atoms with van der Waals surface area (Å²) in [6, 6.07) is 2.70. The third kappa shape index (κ3) is 4.01. The van der Waals surface area contributed by atoms with Gasteiger partial charge in [-0.3, -0.25) is 4.98 Å². The Balaban J connectivity index is 2.07. The Bertz CT molecular complexity index is 439. The predicted octanol–water partition coefficient (Wildman–Crippen LogP) is 4.09. The summed E-state index contributed by atoms with van der Waals surface area (Å²) in [4.78, 5) is 5.49. The first-order chi connectivity index (χ1) is 8.29. The summed E-state index contributed by atoms with van der Waals surface area (Å²) in [6.45, 7) is 3.27. The van der Waals surface area contributed by atoms with E-state index in [9.17, 15) is 0 Å². The molecule has 0 spiro atoms. The molecule has 0 bridgehead atoms. The number of hydrogen-bond donors (Lipinski definition) is 1. The van der Waals surface area contributed by atoms with Crippen LogP contribution < -0.4 is 5.32 Å². The molecule has 0 aliphatic carbocycles. The van der Waals surface area contributed by atoms with E-state index in [0.29, 0.717) is 6.04 Å². The molecular formula is C12H15IN2S2. The van der Waals surface area contributed by atoms with Crippen molar-refractivity contribution in [1.29, 1.82) is 0 Å². The van der Waals surface area contributed by atoms with Gasteiger partial charge in [-0.05, 0) is 52.6 Å². The molecule has 2 nitrogen and oxygen atoms in total. The van der Waals surface area contributed by atoms with Crippen LogP contribution in [0.15, 0.2) is 23.2 Å². The van der Waals surface area contributed by atoms with Gasteiger partial charge in [0, 0.05) is 23.5 Å². The Kier molecular flexibility index (Phi) is 5.40. The maximum atomic E-state index is 4.15. The van der Waals surface area contributed by atoms with Gasteiger partial charge in [0.2, 0.25) is 0 Å².